The van der Waals surface area contributed by atoms with Crippen LogP contribution in [-0.4, -0.2) is 16.3 Å². The van der Waals surface area contributed by atoms with Crippen LogP contribution in [0.5, 0.6) is 11.5 Å². The van der Waals surface area contributed by atoms with Crippen molar-refractivity contribution in [2.45, 2.75) is 26.3 Å². The number of rotatable bonds is 6. The molecule has 1 unspecified atom stereocenters. The van der Waals surface area contributed by atoms with Crippen LogP contribution in [-0.2, 0) is 7.05 Å². The van der Waals surface area contributed by atoms with E-state index in [1.54, 1.807) is 10.9 Å². The zero-order chi connectivity index (χ0) is 13.7. The first kappa shape index (κ1) is 13.6. The van der Waals surface area contributed by atoms with E-state index in [4.69, 9.17) is 4.74 Å². The van der Waals surface area contributed by atoms with Gasteiger partial charge in [0.1, 0.15) is 5.75 Å². The third kappa shape index (κ3) is 3.58. The average molecular weight is 259 g/mol. The summed E-state index contributed by atoms with van der Waals surface area (Å²) >= 11 is 0. The van der Waals surface area contributed by atoms with Crippen molar-refractivity contribution in [1.29, 1.82) is 0 Å². The fourth-order valence-electron chi connectivity index (χ4n) is 2.13. The Morgan fingerprint density at radius 2 is 2.16 bits per heavy atom. The molecule has 0 aliphatic heterocycles. The summed E-state index contributed by atoms with van der Waals surface area (Å²) < 4.78 is 7.53. The molecule has 102 valence electrons. The van der Waals surface area contributed by atoms with Gasteiger partial charge in [0.15, 0.2) is 5.75 Å². The fraction of sp³-hybridized carbons (Fsp3) is 0.400. The van der Waals surface area contributed by atoms with E-state index in [0.717, 1.165) is 24.5 Å². The number of hydrogen-bond acceptors (Lipinski definition) is 3. The smallest absolute Gasteiger partial charge is 0.165 e. The minimum atomic E-state index is 0.377. The third-order valence-electron chi connectivity index (χ3n) is 3.04. The summed E-state index contributed by atoms with van der Waals surface area (Å²) in [6.45, 7) is 5.27. The standard InChI is InChI=1S/C15H21N3O/c1-4-15(16-5-2)12-7-6-8-13(9-12)19-14-10-17-18(3)11-14/h6-11,15-16H,4-5H2,1-3H3. The van der Waals surface area contributed by atoms with Crippen molar-refractivity contribution in [3.63, 3.8) is 0 Å². The van der Waals surface area contributed by atoms with Gasteiger partial charge in [0.05, 0.1) is 12.4 Å². The van der Waals surface area contributed by atoms with Gasteiger partial charge in [0, 0.05) is 13.1 Å². The molecule has 1 N–H and O–H groups in total. The van der Waals surface area contributed by atoms with Gasteiger partial charge in [-0.05, 0) is 30.7 Å². The highest BCUT2D eigenvalue weighted by molar-refractivity contribution is 5.33. The van der Waals surface area contributed by atoms with Crippen molar-refractivity contribution in [3.05, 3.63) is 42.2 Å². The minimum Gasteiger partial charge on any atom is -0.454 e. The van der Waals surface area contributed by atoms with Crippen LogP contribution in [0.1, 0.15) is 31.9 Å². The quantitative estimate of drug-likeness (QED) is 0.865. The number of ether oxygens (including phenoxy) is 1. The Hall–Kier alpha value is -1.81. The lowest BCUT2D eigenvalue weighted by Gasteiger charge is -2.17. The Morgan fingerprint density at radius 1 is 1.32 bits per heavy atom. The normalized spacial score (nSPS) is 12.4. The second kappa shape index (κ2) is 6.38. The summed E-state index contributed by atoms with van der Waals surface area (Å²) in [7, 11) is 1.88. The molecule has 2 rings (SSSR count). The van der Waals surface area contributed by atoms with Crippen molar-refractivity contribution in [2.75, 3.05) is 6.54 Å². The van der Waals surface area contributed by atoms with Crippen molar-refractivity contribution >= 4 is 0 Å². The van der Waals surface area contributed by atoms with E-state index >= 15 is 0 Å². The first-order valence-electron chi connectivity index (χ1n) is 6.72. The molecule has 0 saturated heterocycles. The maximum Gasteiger partial charge on any atom is 0.165 e. The molecule has 0 radical (unpaired) electrons. The van der Waals surface area contributed by atoms with Crippen molar-refractivity contribution < 1.29 is 4.74 Å². The number of aromatic nitrogens is 2. The van der Waals surface area contributed by atoms with Crippen LogP contribution < -0.4 is 10.1 Å². The molecule has 1 atom stereocenters. The molecule has 0 fully saturated rings. The zero-order valence-electron chi connectivity index (χ0n) is 11.8. The summed E-state index contributed by atoms with van der Waals surface area (Å²) in [5.74, 6) is 1.61. The molecular weight excluding hydrogens is 238 g/mol. The van der Waals surface area contributed by atoms with Crippen LogP contribution in [0.25, 0.3) is 0 Å². The average Bonchev–Trinajstić information content (AvgIpc) is 2.81. The number of nitrogens with zero attached hydrogens (tertiary/aromatic N) is 2. The van der Waals surface area contributed by atoms with E-state index in [9.17, 15) is 0 Å². The van der Waals surface area contributed by atoms with Gasteiger partial charge in [-0.2, -0.15) is 5.10 Å². The number of aryl methyl sites for hydroxylation is 1. The predicted molar refractivity (Wildman–Crippen MR) is 76.4 cm³/mol. The van der Waals surface area contributed by atoms with E-state index in [2.05, 4.69) is 36.4 Å². The van der Waals surface area contributed by atoms with Gasteiger partial charge in [-0.3, -0.25) is 4.68 Å². The summed E-state index contributed by atoms with van der Waals surface area (Å²) in [5.41, 5.74) is 1.26. The predicted octanol–water partition coefficient (Wildman–Crippen LogP) is 3.27. The topological polar surface area (TPSA) is 39.1 Å². The maximum atomic E-state index is 5.80. The zero-order valence-corrected chi connectivity index (χ0v) is 11.8. The molecule has 1 aromatic heterocycles. The SMILES string of the molecule is CCNC(CC)c1cccc(Oc2cnn(C)c2)c1. The molecular formula is C15H21N3O. The van der Waals surface area contributed by atoms with E-state index in [1.165, 1.54) is 5.56 Å². The minimum absolute atomic E-state index is 0.377. The van der Waals surface area contributed by atoms with Crippen LogP contribution in [0, 0.1) is 0 Å². The number of benzene rings is 1. The molecule has 0 saturated carbocycles. The molecule has 4 heteroatoms. The molecule has 1 aromatic carbocycles. The van der Waals surface area contributed by atoms with E-state index in [0.29, 0.717) is 6.04 Å². The molecule has 0 aliphatic rings. The lowest BCUT2D eigenvalue weighted by molar-refractivity contribution is 0.477. The van der Waals surface area contributed by atoms with Crippen molar-refractivity contribution in [1.82, 2.24) is 15.1 Å². The Balaban J connectivity index is 2.14. The summed E-state index contributed by atoms with van der Waals surface area (Å²) in [6, 6.07) is 8.59. The lowest BCUT2D eigenvalue weighted by Crippen LogP contribution is -2.19. The van der Waals surface area contributed by atoms with Crippen molar-refractivity contribution in [3.8, 4) is 11.5 Å². The van der Waals surface area contributed by atoms with Crippen molar-refractivity contribution in [2.24, 2.45) is 7.05 Å². The Morgan fingerprint density at radius 3 is 2.79 bits per heavy atom. The maximum absolute atomic E-state index is 5.80. The molecule has 1 heterocycles. The second-order valence-electron chi connectivity index (χ2n) is 4.54. The first-order valence-corrected chi connectivity index (χ1v) is 6.72. The number of nitrogens with one attached hydrogen (secondary N) is 1. The number of hydrogen-bond donors (Lipinski definition) is 1. The Bertz CT molecular complexity index is 522. The van der Waals surface area contributed by atoms with Gasteiger partial charge < -0.3 is 10.1 Å². The highest BCUT2D eigenvalue weighted by atomic mass is 16.5. The van der Waals surface area contributed by atoms with Crippen LogP contribution in [0.3, 0.4) is 0 Å². The summed E-state index contributed by atoms with van der Waals surface area (Å²) in [6.07, 6.45) is 4.63. The molecule has 19 heavy (non-hydrogen) atoms. The first-order chi connectivity index (χ1) is 9.22. The van der Waals surface area contributed by atoms with Gasteiger partial charge in [-0.1, -0.05) is 26.0 Å². The molecule has 2 aromatic rings. The largest absolute Gasteiger partial charge is 0.454 e. The Kier molecular flexibility index (Phi) is 4.58. The van der Waals surface area contributed by atoms with Gasteiger partial charge >= 0.3 is 0 Å². The van der Waals surface area contributed by atoms with Gasteiger partial charge in [0.25, 0.3) is 0 Å². The van der Waals surface area contributed by atoms with E-state index < -0.39 is 0 Å². The molecule has 0 amide bonds. The van der Waals surface area contributed by atoms with Crippen LogP contribution >= 0.6 is 0 Å². The monoisotopic (exact) mass is 259 g/mol. The third-order valence-corrected chi connectivity index (χ3v) is 3.04. The van der Waals surface area contributed by atoms with Gasteiger partial charge in [-0.25, -0.2) is 0 Å². The van der Waals surface area contributed by atoms with Gasteiger partial charge in [-0.15, -0.1) is 0 Å². The van der Waals surface area contributed by atoms with E-state index in [-0.39, 0.29) is 0 Å². The molecule has 4 nitrogen and oxygen atoms in total. The van der Waals surface area contributed by atoms with Crippen LogP contribution in [0.2, 0.25) is 0 Å². The molecule has 0 aliphatic carbocycles. The van der Waals surface area contributed by atoms with Crippen LogP contribution in [0.15, 0.2) is 36.7 Å². The van der Waals surface area contributed by atoms with Crippen LogP contribution in [0.4, 0.5) is 0 Å². The summed E-state index contributed by atoms with van der Waals surface area (Å²) in [4.78, 5) is 0. The fourth-order valence-corrected chi connectivity index (χ4v) is 2.13. The highest BCUT2D eigenvalue weighted by Crippen LogP contribution is 2.25. The Labute approximate surface area is 114 Å². The second-order valence-corrected chi connectivity index (χ2v) is 4.54. The molecule has 0 spiro atoms. The van der Waals surface area contributed by atoms with E-state index in [1.807, 2.05) is 25.4 Å². The van der Waals surface area contributed by atoms with Gasteiger partial charge in [0.2, 0.25) is 0 Å². The highest BCUT2D eigenvalue weighted by Gasteiger charge is 2.09. The molecule has 0 bridgehead atoms. The lowest BCUT2D eigenvalue weighted by atomic mass is 10.0. The summed E-state index contributed by atoms with van der Waals surface area (Å²) in [5, 5.41) is 7.57.